The van der Waals surface area contributed by atoms with E-state index in [2.05, 4.69) is 10.3 Å². The van der Waals surface area contributed by atoms with E-state index >= 15 is 0 Å². The number of carbonyl (C=O) groups excluding carboxylic acids is 1. The summed E-state index contributed by atoms with van der Waals surface area (Å²) in [6.07, 6.45) is 2.70. The number of aldehydes is 1. The van der Waals surface area contributed by atoms with Crippen molar-refractivity contribution in [3.05, 3.63) is 35.8 Å². The van der Waals surface area contributed by atoms with Gasteiger partial charge in [0.05, 0.1) is 6.04 Å². The van der Waals surface area contributed by atoms with E-state index in [9.17, 15) is 9.18 Å². The van der Waals surface area contributed by atoms with Crippen LogP contribution in [0.4, 0.5) is 4.39 Å². The molecule has 17 heavy (non-hydrogen) atoms. The van der Waals surface area contributed by atoms with Gasteiger partial charge >= 0.3 is 0 Å². The van der Waals surface area contributed by atoms with Crippen LogP contribution in [0.5, 0.6) is 0 Å². The highest BCUT2D eigenvalue weighted by Crippen LogP contribution is 2.36. The number of benzene rings is 1. The van der Waals surface area contributed by atoms with Gasteiger partial charge in [-0.3, -0.25) is 4.79 Å². The second-order valence-corrected chi connectivity index (χ2v) is 4.10. The van der Waals surface area contributed by atoms with Gasteiger partial charge in [-0.15, -0.1) is 5.10 Å². The van der Waals surface area contributed by atoms with Crippen molar-refractivity contribution >= 4 is 6.29 Å². The first kappa shape index (κ1) is 10.1. The fraction of sp³-hybridized carbons (Fsp3) is 0.250. The van der Waals surface area contributed by atoms with Crippen molar-refractivity contribution in [1.82, 2.24) is 15.0 Å². The molecule has 1 heterocycles. The van der Waals surface area contributed by atoms with Gasteiger partial charge in [0.25, 0.3) is 0 Å². The lowest BCUT2D eigenvalue weighted by Crippen LogP contribution is -2.02. The highest BCUT2D eigenvalue weighted by Gasteiger charge is 2.29. The lowest BCUT2D eigenvalue weighted by molar-refractivity contribution is 0.111. The third-order valence-corrected chi connectivity index (χ3v) is 2.86. The van der Waals surface area contributed by atoms with E-state index < -0.39 is 5.82 Å². The summed E-state index contributed by atoms with van der Waals surface area (Å²) in [6, 6.07) is 6.51. The van der Waals surface area contributed by atoms with Crippen LogP contribution < -0.4 is 0 Å². The van der Waals surface area contributed by atoms with Gasteiger partial charge in [0, 0.05) is 5.56 Å². The topological polar surface area (TPSA) is 47.8 Å². The Kier molecular flexibility index (Phi) is 2.24. The average Bonchev–Trinajstić information content (AvgIpc) is 3.10. The van der Waals surface area contributed by atoms with Crippen LogP contribution in [0.1, 0.15) is 29.4 Å². The average molecular weight is 231 g/mol. The van der Waals surface area contributed by atoms with Gasteiger partial charge in [0.15, 0.2) is 6.29 Å². The van der Waals surface area contributed by atoms with Crippen LogP contribution >= 0.6 is 0 Å². The van der Waals surface area contributed by atoms with Crippen molar-refractivity contribution in [2.24, 2.45) is 0 Å². The molecule has 0 saturated heterocycles. The number of aromatic nitrogens is 3. The molecule has 1 aromatic heterocycles. The molecule has 4 nitrogen and oxygen atoms in total. The Labute approximate surface area is 97.1 Å². The quantitative estimate of drug-likeness (QED) is 0.761. The zero-order chi connectivity index (χ0) is 11.8. The first-order valence-electron chi connectivity index (χ1n) is 5.46. The van der Waals surface area contributed by atoms with E-state index in [0.29, 0.717) is 23.2 Å². The van der Waals surface area contributed by atoms with Gasteiger partial charge in [-0.2, -0.15) is 0 Å². The van der Waals surface area contributed by atoms with Crippen LogP contribution in [-0.2, 0) is 0 Å². The Morgan fingerprint density at radius 2 is 2.12 bits per heavy atom. The monoisotopic (exact) mass is 231 g/mol. The molecule has 1 aliphatic rings. The van der Waals surface area contributed by atoms with Gasteiger partial charge in [0.2, 0.25) is 0 Å². The van der Waals surface area contributed by atoms with Gasteiger partial charge in [-0.1, -0.05) is 17.3 Å². The van der Waals surface area contributed by atoms with E-state index in [1.165, 1.54) is 6.07 Å². The van der Waals surface area contributed by atoms with Crippen LogP contribution in [-0.4, -0.2) is 21.3 Å². The van der Waals surface area contributed by atoms with Crippen molar-refractivity contribution in [2.75, 3.05) is 0 Å². The molecule has 1 fully saturated rings. The first-order chi connectivity index (χ1) is 8.31. The normalized spacial score (nSPS) is 14.9. The highest BCUT2D eigenvalue weighted by atomic mass is 19.1. The molecule has 0 aliphatic heterocycles. The van der Waals surface area contributed by atoms with Crippen molar-refractivity contribution in [3.8, 4) is 11.3 Å². The molecule has 86 valence electrons. The zero-order valence-electron chi connectivity index (χ0n) is 9.01. The van der Waals surface area contributed by atoms with Crippen molar-refractivity contribution in [3.63, 3.8) is 0 Å². The lowest BCUT2D eigenvalue weighted by atomic mass is 10.1. The van der Waals surface area contributed by atoms with Crippen LogP contribution in [0.3, 0.4) is 0 Å². The summed E-state index contributed by atoms with van der Waals surface area (Å²) in [6.45, 7) is 0. The molecule has 2 aromatic rings. The predicted molar refractivity (Wildman–Crippen MR) is 59.1 cm³/mol. The van der Waals surface area contributed by atoms with Crippen LogP contribution in [0.25, 0.3) is 11.3 Å². The molecule has 0 radical (unpaired) electrons. The minimum atomic E-state index is -0.390. The molecular formula is C12H10FN3O. The molecule has 0 amide bonds. The maximum atomic E-state index is 13.6. The molecule has 1 aromatic carbocycles. The van der Waals surface area contributed by atoms with E-state index in [4.69, 9.17) is 0 Å². The molecule has 3 rings (SSSR count). The Balaban J connectivity index is 2.14. The lowest BCUT2D eigenvalue weighted by Gasteiger charge is -2.01. The summed E-state index contributed by atoms with van der Waals surface area (Å²) in [5, 5.41) is 7.86. The largest absolute Gasteiger partial charge is 0.296 e. The SMILES string of the molecule is O=Cc1c(-c2ccccc2F)nnn1C1CC1. The molecule has 1 saturated carbocycles. The van der Waals surface area contributed by atoms with E-state index in [1.807, 2.05) is 0 Å². The van der Waals surface area contributed by atoms with E-state index in [0.717, 1.165) is 12.8 Å². The predicted octanol–water partition coefficient (Wildman–Crippen LogP) is 2.23. The summed E-state index contributed by atoms with van der Waals surface area (Å²) >= 11 is 0. The molecule has 5 heteroatoms. The van der Waals surface area contributed by atoms with E-state index in [-0.39, 0.29) is 6.04 Å². The second-order valence-electron chi connectivity index (χ2n) is 4.10. The molecule has 0 N–H and O–H groups in total. The number of carbonyl (C=O) groups is 1. The number of hydrogen-bond donors (Lipinski definition) is 0. The summed E-state index contributed by atoms with van der Waals surface area (Å²) < 4.78 is 15.2. The van der Waals surface area contributed by atoms with Gasteiger partial charge in [-0.25, -0.2) is 9.07 Å². The summed E-state index contributed by atoms with van der Waals surface area (Å²) in [7, 11) is 0. The third kappa shape index (κ3) is 1.63. The van der Waals surface area contributed by atoms with Gasteiger partial charge in [0.1, 0.15) is 17.2 Å². The summed E-state index contributed by atoms with van der Waals surface area (Å²) in [5.74, 6) is -0.390. The maximum Gasteiger partial charge on any atom is 0.170 e. The fourth-order valence-electron chi connectivity index (χ4n) is 1.84. The molecule has 0 bridgehead atoms. The number of nitrogens with zero attached hydrogens (tertiary/aromatic N) is 3. The Morgan fingerprint density at radius 3 is 2.76 bits per heavy atom. The Bertz CT molecular complexity index is 575. The van der Waals surface area contributed by atoms with Crippen molar-refractivity contribution in [1.29, 1.82) is 0 Å². The molecule has 0 atom stereocenters. The maximum absolute atomic E-state index is 13.6. The minimum absolute atomic E-state index is 0.253. The minimum Gasteiger partial charge on any atom is -0.296 e. The molecule has 1 aliphatic carbocycles. The van der Waals surface area contributed by atoms with Crippen molar-refractivity contribution in [2.45, 2.75) is 18.9 Å². The fourth-order valence-corrected chi connectivity index (χ4v) is 1.84. The molecular weight excluding hydrogens is 221 g/mol. The van der Waals surface area contributed by atoms with Crippen LogP contribution in [0.2, 0.25) is 0 Å². The third-order valence-electron chi connectivity index (χ3n) is 2.86. The Morgan fingerprint density at radius 1 is 1.35 bits per heavy atom. The van der Waals surface area contributed by atoms with Crippen LogP contribution in [0, 0.1) is 5.82 Å². The molecule has 0 unspecified atom stereocenters. The Hall–Kier alpha value is -2.04. The number of halogens is 1. The van der Waals surface area contributed by atoms with Gasteiger partial charge < -0.3 is 0 Å². The smallest absolute Gasteiger partial charge is 0.170 e. The summed E-state index contributed by atoms with van der Waals surface area (Å²) in [4.78, 5) is 11.1. The number of hydrogen-bond acceptors (Lipinski definition) is 3. The standard InChI is InChI=1S/C12H10FN3O/c13-10-4-2-1-3-9(10)12-11(7-17)16(15-14-12)8-5-6-8/h1-4,7-8H,5-6H2. The number of rotatable bonds is 3. The second kappa shape index (κ2) is 3.76. The van der Waals surface area contributed by atoms with Crippen LogP contribution in [0.15, 0.2) is 24.3 Å². The highest BCUT2D eigenvalue weighted by molar-refractivity contribution is 5.83. The first-order valence-corrected chi connectivity index (χ1v) is 5.46. The van der Waals surface area contributed by atoms with Crippen molar-refractivity contribution < 1.29 is 9.18 Å². The van der Waals surface area contributed by atoms with Gasteiger partial charge in [-0.05, 0) is 25.0 Å². The van der Waals surface area contributed by atoms with E-state index in [1.54, 1.807) is 22.9 Å². The summed E-state index contributed by atoms with van der Waals surface area (Å²) in [5.41, 5.74) is 1.00. The molecule has 0 spiro atoms. The zero-order valence-corrected chi connectivity index (χ0v) is 9.01.